The van der Waals surface area contributed by atoms with Gasteiger partial charge in [0.15, 0.2) is 18.3 Å². The molecule has 0 aromatic rings. The maximum Gasteiger partial charge on any atom is 0.303 e. The molecule has 0 amide bonds. The summed E-state index contributed by atoms with van der Waals surface area (Å²) in [6.45, 7) is 2.96. The monoisotopic (exact) mass is 296 g/mol. The Morgan fingerprint density at radius 1 is 0.750 bits per heavy atom. The standard InChI is InChI=1S/C11H14F2O7/c1-4(14)17-7-8(18-5(2)15)10(12)20-11(13)9(7)19-6(3)16/h7-11H,1-3H3/t7?,8-,9+,10-,11+. The third-order valence-corrected chi connectivity index (χ3v) is 2.33. The number of rotatable bonds is 3. The summed E-state index contributed by atoms with van der Waals surface area (Å²) in [6, 6.07) is 0. The van der Waals surface area contributed by atoms with Gasteiger partial charge in [0.25, 0.3) is 0 Å². The van der Waals surface area contributed by atoms with Gasteiger partial charge in [-0.05, 0) is 0 Å². The highest BCUT2D eigenvalue weighted by molar-refractivity contribution is 5.68. The van der Waals surface area contributed by atoms with E-state index in [0.717, 1.165) is 20.8 Å². The van der Waals surface area contributed by atoms with E-state index in [9.17, 15) is 23.2 Å². The molecule has 0 N–H and O–H groups in total. The smallest absolute Gasteiger partial charge is 0.303 e. The molecule has 0 spiro atoms. The molecule has 0 radical (unpaired) electrons. The summed E-state index contributed by atoms with van der Waals surface area (Å²) in [5.41, 5.74) is 0. The van der Waals surface area contributed by atoms with Crippen molar-refractivity contribution >= 4 is 17.9 Å². The molecule has 0 aromatic carbocycles. The summed E-state index contributed by atoms with van der Waals surface area (Å²) in [4.78, 5) is 32.8. The molecule has 5 atom stereocenters. The Bertz CT molecular complexity index is 372. The van der Waals surface area contributed by atoms with Gasteiger partial charge in [0.05, 0.1) is 0 Å². The molecule has 1 saturated heterocycles. The quantitative estimate of drug-likeness (QED) is 0.550. The predicted molar refractivity (Wildman–Crippen MR) is 57.5 cm³/mol. The Morgan fingerprint density at radius 3 is 1.35 bits per heavy atom. The summed E-state index contributed by atoms with van der Waals surface area (Å²) < 4.78 is 45.4. The maximum absolute atomic E-state index is 13.6. The Balaban J connectivity index is 3.01. The second kappa shape index (κ2) is 6.60. The Hall–Kier alpha value is -1.77. The van der Waals surface area contributed by atoms with Crippen LogP contribution in [-0.2, 0) is 33.3 Å². The van der Waals surface area contributed by atoms with Crippen molar-refractivity contribution in [1.29, 1.82) is 0 Å². The lowest BCUT2D eigenvalue weighted by Gasteiger charge is -2.39. The van der Waals surface area contributed by atoms with E-state index in [1.165, 1.54) is 0 Å². The number of halogens is 2. The van der Waals surface area contributed by atoms with E-state index in [0.29, 0.717) is 0 Å². The lowest BCUT2D eigenvalue weighted by Crippen LogP contribution is -2.59. The summed E-state index contributed by atoms with van der Waals surface area (Å²) in [5.74, 6) is -2.67. The molecule has 20 heavy (non-hydrogen) atoms. The molecule has 1 heterocycles. The van der Waals surface area contributed by atoms with Crippen LogP contribution in [0, 0.1) is 0 Å². The van der Waals surface area contributed by atoms with Gasteiger partial charge in [0, 0.05) is 20.8 Å². The van der Waals surface area contributed by atoms with Crippen molar-refractivity contribution in [3.63, 3.8) is 0 Å². The van der Waals surface area contributed by atoms with Crippen LogP contribution in [-0.4, -0.2) is 48.9 Å². The van der Waals surface area contributed by atoms with Gasteiger partial charge < -0.3 is 18.9 Å². The Kier molecular flexibility index (Phi) is 5.37. The molecule has 1 aliphatic heterocycles. The van der Waals surface area contributed by atoms with Crippen molar-refractivity contribution < 1.29 is 42.1 Å². The zero-order valence-corrected chi connectivity index (χ0v) is 11.0. The molecule has 114 valence electrons. The maximum atomic E-state index is 13.6. The fraction of sp³-hybridized carbons (Fsp3) is 0.727. The van der Waals surface area contributed by atoms with E-state index < -0.39 is 48.9 Å². The van der Waals surface area contributed by atoms with Crippen molar-refractivity contribution in [1.82, 2.24) is 0 Å². The fourth-order valence-electron chi connectivity index (χ4n) is 1.71. The number of carbonyl (C=O) groups excluding carboxylic acids is 3. The van der Waals surface area contributed by atoms with Gasteiger partial charge in [-0.2, -0.15) is 0 Å². The molecule has 1 rings (SSSR count). The summed E-state index contributed by atoms with van der Waals surface area (Å²) in [7, 11) is 0. The van der Waals surface area contributed by atoms with Crippen LogP contribution >= 0.6 is 0 Å². The van der Waals surface area contributed by atoms with Crippen LogP contribution in [0.1, 0.15) is 20.8 Å². The molecule has 1 fully saturated rings. The van der Waals surface area contributed by atoms with E-state index in [1.54, 1.807) is 0 Å². The van der Waals surface area contributed by atoms with Crippen LogP contribution in [0.5, 0.6) is 0 Å². The average molecular weight is 296 g/mol. The lowest BCUT2D eigenvalue weighted by molar-refractivity contribution is -0.297. The second-order valence-corrected chi connectivity index (χ2v) is 4.06. The summed E-state index contributed by atoms with van der Waals surface area (Å²) in [6.07, 6.45) is -9.81. The minimum Gasteiger partial charge on any atom is -0.454 e. The van der Waals surface area contributed by atoms with Gasteiger partial charge >= 0.3 is 17.9 Å². The molecule has 9 heteroatoms. The highest BCUT2D eigenvalue weighted by atomic mass is 19.2. The first kappa shape index (κ1) is 16.3. The number of hydrogen-bond acceptors (Lipinski definition) is 7. The first-order chi connectivity index (χ1) is 9.22. The van der Waals surface area contributed by atoms with Crippen molar-refractivity contribution in [2.24, 2.45) is 0 Å². The fourth-order valence-corrected chi connectivity index (χ4v) is 1.71. The van der Waals surface area contributed by atoms with Crippen LogP contribution in [0.3, 0.4) is 0 Å². The molecule has 0 saturated carbocycles. The van der Waals surface area contributed by atoms with Gasteiger partial charge in [-0.3, -0.25) is 14.4 Å². The number of esters is 3. The van der Waals surface area contributed by atoms with Crippen LogP contribution in [0.25, 0.3) is 0 Å². The van der Waals surface area contributed by atoms with Gasteiger partial charge in [-0.1, -0.05) is 0 Å². The first-order valence-electron chi connectivity index (χ1n) is 5.67. The normalized spacial score (nSPS) is 33.1. The minimum absolute atomic E-state index is 0.884. The zero-order chi connectivity index (χ0) is 15.4. The summed E-state index contributed by atoms with van der Waals surface area (Å²) in [5, 5.41) is 0. The van der Waals surface area contributed by atoms with Crippen LogP contribution in [0.15, 0.2) is 0 Å². The van der Waals surface area contributed by atoms with E-state index in [2.05, 4.69) is 14.2 Å². The average Bonchev–Trinajstić information content (AvgIpc) is 2.27. The first-order valence-corrected chi connectivity index (χ1v) is 5.67. The van der Waals surface area contributed by atoms with Crippen molar-refractivity contribution in [3.05, 3.63) is 0 Å². The number of hydrogen-bond donors (Lipinski definition) is 0. The number of carbonyl (C=O) groups is 3. The van der Waals surface area contributed by atoms with Crippen LogP contribution in [0.4, 0.5) is 8.78 Å². The topological polar surface area (TPSA) is 88.1 Å². The van der Waals surface area contributed by atoms with Crippen molar-refractivity contribution in [3.8, 4) is 0 Å². The van der Waals surface area contributed by atoms with Gasteiger partial charge in [0.1, 0.15) is 0 Å². The van der Waals surface area contributed by atoms with E-state index in [1.807, 2.05) is 0 Å². The third kappa shape index (κ3) is 4.12. The van der Waals surface area contributed by atoms with Gasteiger partial charge in [-0.25, -0.2) is 8.78 Å². The van der Waals surface area contributed by atoms with Crippen molar-refractivity contribution in [2.45, 2.75) is 51.8 Å². The van der Waals surface area contributed by atoms with E-state index in [4.69, 9.17) is 4.74 Å². The molecule has 1 aliphatic rings. The molecular weight excluding hydrogens is 282 g/mol. The highest BCUT2D eigenvalue weighted by Gasteiger charge is 2.52. The third-order valence-electron chi connectivity index (χ3n) is 2.33. The number of ether oxygens (including phenoxy) is 4. The molecule has 0 bridgehead atoms. The molecule has 0 aromatic heterocycles. The Labute approximate surface area is 113 Å². The largest absolute Gasteiger partial charge is 0.454 e. The predicted octanol–water partition coefficient (Wildman–Crippen LogP) is 0.403. The van der Waals surface area contributed by atoms with E-state index >= 15 is 0 Å². The SMILES string of the molecule is CC(=O)OC1[C@@H](OC(C)=O)[C@H](F)O[C@H](F)[C@H]1OC(C)=O. The van der Waals surface area contributed by atoms with Gasteiger partial charge in [0.2, 0.25) is 12.7 Å². The highest BCUT2D eigenvalue weighted by Crippen LogP contribution is 2.29. The lowest BCUT2D eigenvalue weighted by atomic mass is 10.0. The van der Waals surface area contributed by atoms with Crippen molar-refractivity contribution in [2.75, 3.05) is 0 Å². The molecule has 0 aliphatic carbocycles. The molecular formula is C11H14F2O7. The van der Waals surface area contributed by atoms with Gasteiger partial charge in [-0.15, -0.1) is 0 Å². The van der Waals surface area contributed by atoms with Crippen LogP contribution in [0.2, 0.25) is 0 Å². The van der Waals surface area contributed by atoms with Crippen LogP contribution < -0.4 is 0 Å². The minimum atomic E-state index is -2.36. The van der Waals surface area contributed by atoms with E-state index in [-0.39, 0.29) is 0 Å². The number of alkyl halides is 2. The Morgan fingerprint density at radius 2 is 1.05 bits per heavy atom. The zero-order valence-electron chi connectivity index (χ0n) is 11.0. The second-order valence-electron chi connectivity index (χ2n) is 4.06. The summed E-state index contributed by atoms with van der Waals surface area (Å²) >= 11 is 0. The molecule has 7 nitrogen and oxygen atoms in total. The molecule has 1 unspecified atom stereocenters.